The van der Waals surface area contributed by atoms with Crippen LogP contribution >= 0.6 is 46.6 Å². The van der Waals surface area contributed by atoms with Gasteiger partial charge in [-0.1, -0.05) is 47.8 Å². The van der Waals surface area contributed by atoms with Crippen molar-refractivity contribution in [2.24, 2.45) is 0 Å². The lowest BCUT2D eigenvalue weighted by atomic mass is 10.2. The molecular weight excluding hydrogens is 519 g/mol. The fraction of sp³-hybridized carbons (Fsp3) is 0.125. The van der Waals surface area contributed by atoms with E-state index in [-0.39, 0.29) is 38.7 Å². The molecule has 3 rings (SSSR count). The van der Waals surface area contributed by atoms with Gasteiger partial charge >= 0.3 is 5.97 Å². The molecule has 3 N–H and O–H groups in total. The van der Waals surface area contributed by atoms with Crippen LogP contribution in [0.1, 0.15) is 34.1 Å². The largest absolute Gasteiger partial charge is 0.478 e. The van der Waals surface area contributed by atoms with Crippen molar-refractivity contribution in [3.8, 4) is 0 Å². The Hall–Kier alpha value is -2.71. The zero-order chi connectivity index (χ0) is 24.8. The van der Waals surface area contributed by atoms with Crippen molar-refractivity contribution in [1.82, 2.24) is 0 Å². The maximum absolute atomic E-state index is 12.9. The monoisotopic (exact) mass is 536 g/mol. The molecule has 0 spiro atoms. The Balaban J connectivity index is 1.71. The Morgan fingerprint density at radius 2 is 1.71 bits per heavy atom. The topological polar surface area (TPSA) is 95.5 Å². The van der Waals surface area contributed by atoms with Crippen LogP contribution in [0.15, 0.2) is 65.6 Å². The number of benzene rings is 3. The first-order chi connectivity index (χ1) is 16.2. The van der Waals surface area contributed by atoms with E-state index in [9.17, 15) is 14.4 Å². The SMILES string of the molecule is CCC(Sc1cccc(NC(=O)c2ccc(Cl)cc2Cl)c1)C(=O)Nc1cc(C(=O)O)ccc1Cl. The predicted molar refractivity (Wildman–Crippen MR) is 138 cm³/mol. The highest BCUT2D eigenvalue weighted by atomic mass is 35.5. The van der Waals surface area contributed by atoms with Gasteiger partial charge < -0.3 is 15.7 Å². The van der Waals surface area contributed by atoms with Crippen molar-refractivity contribution in [2.45, 2.75) is 23.5 Å². The molecule has 0 fully saturated rings. The van der Waals surface area contributed by atoms with Gasteiger partial charge in [-0.15, -0.1) is 11.8 Å². The summed E-state index contributed by atoms with van der Waals surface area (Å²) in [5, 5.41) is 15.1. The van der Waals surface area contributed by atoms with Crippen LogP contribution in [0.5, 0.6) is 0 Å². The highest BCUT2D eigenvalue weighted by Gasteiger charge is 2.20. The zero-order valence-corrected chi connectivity index (χ0v) is 20.9. The molecule has 3 aromatic rings. The first-order valence-electron chi connectivity index (χ1n) is 10.0. The molecule has 0 bridgehead atoms. The van der Waals surface area contributed by atoms with E-state index < -0.39 is 11.2 Å². The van der Waals surface area contributed by atoms with E-state index in [4.69, 9.17) is 39.9 Å². The highest BCUT2D eigenvalue weighted by molar-refractivity contribution is 8.00. The fourth-order valence-corrected chi connectivity index (χ4v) is 4.65. The molecule has 176 valence electrons. The van der Waals surface area contributed by atoms with Crippen molar-refractivity contribution in [3.63, 3.8) is 0 Å². The molecule has 0 aliphatic heterocycles. The summed E-state index contributed by atoms with van der Waals surface area (Å²) in [7, 11) is 0. The number of thioether (sulfide) groups is 1. The number of carbonyl (C=O) groups is 3. The molecule has 1 atom stereocenters. The number of carbonyl (C=O) groups excluding carboxylic acids is 2. The molecule has 0 aliphatic rings. The second-order valence-electron chi connectivity index (χ2n) is 7.11. The number of hydrogen-bond donors (Lipinski definition) is 3. The Bertz CT molecular complexity index is 1250. The van der Waals surface area contributed by atoms with E-state index in [1.807, 2.05) is 13.0 Å². The quantitative estimate of drug-likeness (QED) is 0.266. The number of amides is 2. The van der Waals surface area contributed by atoms with Gasteiger partial charge in [-0.2, -0.15) is 0 Å². The zero-order valence-electron chi connectivity index (χ0n) is 17.8. The summed E-state index contributed by atoms with van der Waals surface area (Å²) in [5.74, 6) is -1.83. The molecule has 0 saturated heterocycles. The van der Waals surface area contributed by atoms with Gasteiger partial charge in [0.15, 0.2) is 0 Å². The third-order valence-corrected chi connectivity index (χ3v) is 6.92. The maximum Gasteiger partial charge on any atom is 0.335 e. The molecule has 0 radical (unpaired) electrons. The van der Waals surface area contributed by atoms with E-state index in [0.29, 0.717) is 17.1 Å². The highest BCUT2D eigenvalue weighted by Crippen LogP contribution is 2.30. The van der Waals surface area contributed by atoms with Crippen LogP contribution in [0, 0.1) is 0 Å². The lowest BCUT2D eigenvalue weighted by Crippen LogP contribution is -2.24. The van der Waals surface area contributed by atoms with Gasteiger partial charge in [0.1, 0.15) is 0 Å². The van der Waals surface area contributed by atoms with Crippen LogP contribution in [0.25, 0.3) is 0 Å². The van der Waals surface area contributed by atoms with Gasteiger partial charge in [0, 0.05) is 15.6 Å². The van der Waals surface area contributed by atoms with Gasteiger partial charge in [-0.05, 0) is 61.0 Å². The van der Waals surface area contributed by atoms with Crippen molar-refractivity contribution < 1.29 is 19.5 Å². The second-order valence-corrected chi connectivity index (χ2v) is 9.64. The number of hydrogen-bond acceptors (Lipinski definition) is 4. The minimum atomic E-state index is -1.12. The van der Waals surface area contributed by atoms with Gasteiger partial charge in [-0.3, -0.25) is 9.59 Å². The summed E-state index contributed by atoms with van der Waals surface area (Å²) < 4.78 is 0. The normalized spacial score (nSPS) is 11.5. The predicted octanol–water partition coefficient (Wildman–Crippen LogP) is 7.11. The van der Waals surface area contributed by atoms with Crippen LogP contribution in [0.3, 0.4) is 0 Å². The average molecular weight is 538 g/mol. The molecular formula is C24H19Cl3N2O4S. The molecule has 34 heavy (non-hydrogen) atoms. The molecule has 6 nitrogen and oxygen atoms in total. The van der Waals surface area contributed by atoms with E-state index in [2.05, 4.69) is 10.6 Å². The van der Waals surface area contributed by atoms with Crippen molar-refractivity contribution in [3.05, 3.63) is 86.9 Å². The summed E-state index contributed by atoms with van der Waals surface area (Å²) in [6, 6.07) is 15.8. The number of nitrogens with one attached hydrogen (secondary N) is 2. The fourth-order valence-electron chi connectivity index (χ4n) is 2.97. The third-order valence-electron chi connectivity index (χ3n) is 4.68. The number of halogens is 3. The molecule has 0 aliphatic carbocycles. The first-order valence-corrected chi connectivity index (χ1v) is 12.1. The maximum atomic E-state index is 12.9. The van der Waals surface area contributed by atoms with Gasteiger partial charge in [0.2, 0.25) is 5.91 Å². The number of anilines is 2. The molecule has 0 aromatic heterocycles. The Morgan fingerprint density at radius 3 is 2.38 bits per heavy atom. The van der Waals surface area contributed by atoms with Crippen LogP contribution in [0.2, 0.25) is 15.1 Å². The van der Waals surface area contributed by atoms with E-state index in [1.165, 1.54) is 36.0 Å². The number of rotatable bonds is 8. The standard InChI is InChI=1S/C24H19Cl3N2O4S/c1-2-21(23(31)29-20-10-13(24(32)33)6-9-18(20)26)34-16-5-3-4-15(12-16)28-22(30)17-8-7-14(25)11-19(17)27/h3-12,21H,2H2,1H3,(H,28,30)(H,29,31)(H,32,33). The Labute approximate surface area is 215 Å². The summed E-state index contributed by atoms with van der Waals surface area (Å²) in [6.45, 7) is 1.86. The lowest BCUT2D eigenvalue weighted by molar-refractivity contribution is -0.115. The van der Waals surface area contributed by atoms with Gasteiger partial charge in [0.05, 0.1) is 32.1 Å². The van der Waals surface area contributed by atoms with Gasteiger partial charge in [-0.25, -0.2) is 4.79 Å². The summed E-state index contributed by atoms with van der Waals surface area (Å²) in [4.78, 5) is 37.4. The van der Waals surface area contributed by atoms with E-state index in [1.54, 1.807) is 30.3 Å². The minimum absolute atomic E-state index is 0.0182. The lowest BCUT2D eigenvalue weighted by Gasteiger charge is -2.16. The first kappa shape index (κ1) is 25.9. The van der Waals surface area contributed by atoms with Gasteiger partial charge in [0.25, 0.3) is 5.91 Å². The number of aromatic carboxylic acids is 1. The molecule has 2 amide bonds. The summed E-state index contributed by atoms with van der Waals surface area (Å²) in [6.07, 6.45) is 0.504. The second kappa shape index (κ2) is 11.6. The van der Waals surface area contributed by atoms with Crippen LogP contribution < -0.4 is 10.6 Å². The smallest absolute Gasteiger partial charge is 0.335 e. The number of carboxylic acid groups (broad SMARTS) is 1. The minimum Gasteiger partial charge on any atom is -0.478 e. The third kappa shape index (κ3) is 6.67. The molecule has 10 heteroatoms. The van der Waals surface area contributed by atoms with E-state index >= 15 is 0 Å². The van der Waals surface area contributed by atoms with Crippen molar-refractivity contribution in [2.75, 3.05) is 10.6 Å². The average Bonchev–Trinajstić information content (AvgIpc) is 2.78. The van der Waals surface area contributed by atoms with Crippen molar-refractivity contribution >= 4 is 75.7 Å². The summed E-state index contributed by atoms with van der Waals surface area (Å²) >= 11 is 19.4. The van der Waals surface area contributed by atoms with E-state index in [0.717, 1.165) is 4.90 Å². The Kier molecular flexibility index (Phi) is 8.85. The summed E-state index contributed by atoms with van der Waals surface area (Å²) in [5.41, 5.74) is 1.07. The Morgan fingerprint density at radius 1 is 0.941 bits per heavy atom. The van der Waals surface area contributed by atoms with Crippen LogP contribution in [-0.2, 0) is 4.79 Å². The van der Waals surface area contributed by atoms with Crippen molar-refractivity contribution in [1.29, 1.82) is 0 Å². The molecule has 0 heterocycles. The molecule has 0 saturated carbocycles. The van der Waals surface area contributed by atoms with Crippen LogP contribution in [0.4, 0.5) is 11.4 Å². The molecule has 1 unspecified atom stereocenters. The molecule has 3 aromatic carbocycles. The van der Waals surface area contributed by atoms with Crippen LogP contribution in [-0.4, -0.2) is 28.1 Å². The number of carboxylic acids is 1.